The Morgan fingerprint density at radius 1 is 0.929 bits per heavy atom. The minimum absolute atomic E-state index is 0.272. The van der Waals surface area contributed by atoms with Crippen molar-refractivity contribution in [2.75, 3.05) is 6.61 Å². The monoisotopic (exact) mass is 368 g/mol. The molecule has 28 heavy (non-hydrogen) atoms. The molecule has 0 unspecified atom stereocenters. The van der Waals surface area contributed by atoms with Crippen molar-refractivity contribution < 1.29 is 9.53 Å². The fraction of sp³-hybridized carbons (Fsp3) is 0.192. The zero-order chi connectivity index (χ0) is 19.5. The third-order valence-electron chi connectivity index (χ3n) is 5.31. The summed E-state index contributed by atoms with van der Waals surface area (Å²) < 4.78 is 5.07. The van der Waals surface area contributed by atoms with Gasteiger partial charge in [-0.2, -0.15) is 0 Å². The number of rotatable bonds is 5. The van der Waals surface area contributed by atoms with Crippen molar-refractivity contribution in [2.24, 2.45) is 0 Å². The number of hydrogen-bond acceptors (Lipinski definition) is 2. The summed E-state index contributed by atoms with van der Waals surface area (Å²) in [5.41, 5.74) is 9.81. The van der Waals surface area contributed by atoms with Crippen molar-refractivity contribution in [3.63, 3.8) is 0 Å². The predicted octanol–water partition coefficient (Wildman–Crippen LogP) is 6.39. The van der Waals surface area contributed by atoms with Gasteiger partial charge in [0.15, 0.2) is 0 Å². The van der Waals surface area contributed by atoms with Gasteiger partial charge in [-0.1, -0.05) is 67.6 Å². The molecule has 4 rings (SSSR count). The highest BCUT2D eigenvalue weighted by Gasteiger charge is 2.21. The van der Waals surface area contributed by atoms with Gasteiger partial charge >= 0.3 is 5.97 Å². The molecule has 0 aromatic heterocycles. The zero-order valence-electron chi connectivity index (χ0n) is 16.4. The number of benzene rings is 3. The Hall–Kier alpha value is -3.13. The number of hydrogen-bond donors (Lipinski definition) is 0. The van der Waals surface area contributed by atoms with Gasteiger partial charge in [0.05, 0.1) is 12.2 Å². The Bertz CT molecular complexity index is 1040. The fourth-order valence-electron chi connectivity index (χ4n) is 3.96. The molecule has 1 aliphatic rings. The molecule has 3 aromatic carbocycles. The highest BCUT2D eigenvalue weighted by atomic mass is 16.5. The summed E-state index contributed by atoms with van der Waals surface area (Å²) in [6, 6.07) is 23.0. The van der Waals surface area contributed by atoms with Gasteiger partial charge in [0.25, 0.3) is 0 Å². The predicted molar refractivity (Wildman–Crippen MR) is 115 cm³/mol. The second kappa shape index (κ2) is 7.85. The molecule has 0 atom stereocenters. The quantitative estimate of drug-likeness (QED) is 0.301. The Morgan fingerprint density at radius 3 is 2.43 bits per heavy atom. The first-order valence-corrected chi connectivity index (χ1v) is 9.89. The van der Waals surface area contributed by atoms with Gasteiger partial charge in [0.2, 0.25) is 0 Å². The summed E-state index contributed by atoms with van der Waals surface area (Å²) in [5, 5.41) is 0. The maximum absolute atomic E-state index is 11.9. The van der Waals surface area contributed by atoms with E-state index in [0.717, 1.165) is 18.4 Å². The average molecular weight is 368 g/mol. The molecule has 1 aliphatic carbocycles. The smallest absolute Gasteiger partial charge is 0.338 e. The summed E-state index contributed by atoms with van der Waals surface area (Å²) in [6.45, 7) is 4.40. The molecule has 0 aliphatic heterocycles. The molecule has 0 saturated heterocycles. The van der Waals surface area contributed by atoms with Crippen molar-refractivity contribution in [3.8, 4) is 11.1 Å². The molecule has 0 radical (unpaired) electrons. The van der Waals surface area contributed by atoms with Gasteiger partial charge in [-0.25, -0.2) is 4.79 Å². The van der Waals surface area contributed by atoms with Crippen LogP contribution in [-0.2, 0) is 11.2 Å². The van der Waals surface area contributed by atoms with Crippen molar-refractivity contribution in [2.45, 2.75) is 26.7 Å². The van der Waals surface area contributed by atoms with E-state index in [-0.39, 0.29) is 5.97 Å². The lowest BCUT2D eigenvalue weighted by atomic mass is 9.91. The van der Waals surface area contributed by atoms with Crippen LogP contribution in [0, 0.1) is 0 Å². The summed E-state index contributed by atoms with van der Waals surface area (Å²) in [5.74, 6) is -0.272. The lowest BCUT2D eigenvalue weighted by molar-refractivity contribution is 0.0526. The van der Waals surface area contributed by atoms with Crippen molar-refractivity contribution >= 4 is 17.6 Å². The number of esters is 1. The van der Waals surface area contributed by atoms with E-state index in [1.165, 1.54) is 33.4 Å². The van der Waals surface area contributed by atoms with Gasteiger partial charge in [-0.3, -0.25) is 0 Å². The molecule has 0 spiro atoms. The third kappa shape index (κ3) is 3.38. The Morgan fingerprint density at radius 2 is 1.68 bits per heavy atom. The molecule has 0 saturated carbocycles. The second-order valence-corrected chi connectivity index (χ2v) is 7.04. The first-order valence-electron chi connectivity index (χ1n) is 9.89. The summed E-state index contributed by atoms with van der Waals surface area (Å²) >= 11 is 0. The van der Waals surface area contributed by atoms with E-state index < -0.39 is 0 Å². The number of carbonyl (C=O) groups is 1. The SMILES string of the molecule is CCOC(=O)c1ccc(/C=C(\CC)c2cccc3c2-c2ccccc2C3)cc1. The molecule has 0 N–H and O–H groups in total. The lowest BCUT2D eigenvalue weighted by Crippen LogP contribution is -2.04. The van der Waals surface area contributed by atoms with E-state index >= 15 is 0 Å². The molecule has 0 heterocycles. The van der Waals surface area contributed by atoms with E-state index in [2.05, 4.69) is 55.5 Å². The minimum Gasteiger partial charge on any atom is -0.462 e. The summed E-state index contributed by atoms with van der Waals surface area (Å²) in [6.07, 6.45) is 4.17. The first kappa shape index (κ1) is 18.2. The minimum atomic E-state index is -0.272. The zero-order valence-corrected chi connectivity index (χ0v) is 16.4. The van der Waals surface area contributed by atoms with Crippen molar-refractivity contribution in [3.05, 3.63) is 94.5 Å². The van der Waals surface area contributed by atoms with Crippen LogP contribution < -0.4 is 0 Å². The van der Waals surface area contributed by atoms with Gasteiger partial charge in [0.1, 0.15) is 0 Å². The first-order chi connectivity index (χ1) is 13.7. The van der Waals surface area contributed by atoms with Crippen LogP contribution >= 0.6 is 0 Å². The van der Waals surface area contributed by atoms with Gasteiger partial charge in [-0.15, -0.1) is 0 Å². The standard InChI is InChI=1S/C26H24O2/c1-3-19(16-18-12-14-20(15-13-18)26(27)28-4-2)23-11-7-9-22-17-21-8-5-6-10-24(21)25(22)23/h5-16H,3-4,17H2,1-2H3/b19-16+. The van der Waals surface area contributed by atoms with E-state index in [9.17, 15) is 4.79 Å². The number of carbonyl (C=O) groups excluding carboxylic acids is 1. The largest absolute Gasteiger partial charge is 0.462 e. The van der Waals surface area contributed by atoms with Crippen LogP contribution in [0.25, 0.3) is 22.8 Å². The van der Waals surface area contributed by atoms with Gasteiger partial charge < -0.3 is 4.74 Å². The molecule has 0 fully saturated rings. The lowest BCUT2D eigenvalue weighted by Gasteiger charge is -2.13. The number of allylic oxidation sites excluding steroid dienone is 1. The molecular formula is C26H24O2. The molecule has 2 heteroatoms. The van der Waals surface area contributed by atoms with Gasteiger partial charge in [-0.05, 0) is 70.9 Å². The molecule has 2 nitrogen and oxygen atoms in total. The Kier molecular flexibility index (Phi) is 5.12. The van der Waals surface area contributed by atoms with Crippen molar-refractivity contribution in [1.29, 1.82) is 0 Å². The van der Waals surface area contributed by atoms with Crippen LogP contribution in [0.1, 0.15) is 52.9 Å². The van der Waals surface area contributed by atoms with Crippen LogP contribution in [0.15, 0.2) is 66.7 Å². The second-order valence-electron chi connectivity index (χ2n) is 7.04. The molecular weight excluding hydrogens is 344 g/mol. The molecule has 0 amide bonds. The molecule has 140 valence electrons. The maximum atomic E-state index is 11.9. The van der Waals surface area contributed by atoms with E-state index in [1.54, 1.807) is 0 Å². The Balaban J connectivity index is 1.72. The molecule has 3 aromatic rings. The fourth-order valence-corrected chi connectivity index (χ4v) is 3.96. The number of fused-ring (bicyclic) bond motifs is 3. The average Bonchev–Trinajstić information content (AvgIpc) is 3.11. The summed E-state index contributed by atoms with van der Waals surface area (Å²) in [7, 11) is 0. The highest BCUT2D eigenvalue weighted by molar-refractivity contribution is 5.93. The van der Waals surface area contributed by atoms with Crippen LogP contribution in [0.3, 0.4) is 0 Å². The van der Waals surface area contributed by atoms with E-state index in [0.29, 0.717) is 12.2 Å². The van der Waals surface area contributed by atoms with Crippen LogP contribution in [0.4, 0.5) is 0 Å². The normalized spacial score (nSPS) is 12.4. The Labute approximate surface area is 166 Å². The van der Waals surface area contributed by atoms with Crippen molar-refractivity contribution in [1.82, 2.24) is 0 Å². The number of ether oxygens (including phenoxy) is 1. The topological polar surface area (TPSA) is 26.3 Å². The van der Waals surface area contributed by atoms with E-state index in [1.807, 2.05) is 31.2 Å². The van der Waals surface area contributed by atoms with Crippen LogP contribution in [0.5, 0.6) is 0 Å². The van der Waals surface area contributed by atoms with Crippen LogP contribution in [0.2, 0.25) is 0 Å². The van der Waals surface area contributed by atoms with E-state index in [4.69, 9.17) is 4.74 Å². The molecule has 0 bridgehead atoms. The van der Waals surface area contributed by atoms with Crippen LogP contribution in [-0.4, -0.2) is 12.6 Å². The summed E-state index contributed by atoms with van der Waals surface area (Å²) in [4.78, 5) is 11.9. The van der Waals surface area contributed by atoms with Gasteiger partial charge in [0, 0.05) is 0 Å². The third-order valence-corrected chi connectivity index (χ3v) is 5.31. The highest BCUT2D eigenvalue weighted by Crippen LogP contribution is 2.42. The maximum Gasteiger partial charge on any atom is 0.338 e.